The van der Waals surface area contributed by atoms with Gasteiger partial charge in [0, 0.05) is 6.54 Å². The van der Waals surface area contributed by atoms with Crippen molar-refractivity contribution in [3.05, 3.63) is 17.0 Å². The molecule has 0 bridgehead atoms. The van der Waals surface area contributed by atoms with Gasteiger partial charge in [-0.15, -0.1) is 0 Å². The first-order valence-electron chi connectivity index (χ1n) is 4.82. The normalized spacial score (nSPS) is 11.2. The summed E-state index contributed by atoms with van der Waals surface area (Å²) in [5, 5.41) is 10.5. The van der Waals surface area contributed by atoms with E-state index in [0.29, 0.717) is 5.92 Å². The molecule has 0 aliphatic carbocycles. The van der Waals surface area contributed by atoms with Crippen molar-refractivity contribution in [2.45, 2.75) is 33.7 Å². The lowest BCUT2D eigenvalue weighted by Gasteiger charge is -2.02. The molecular formula is C10H19N3. The zero-order valence-electron chi connectivity index (χ0n) is 8.94. The molecule has 0 amide bonds. The quantitative estimate of drug-likeness (QED) is 0.741. The van der Waals surface area contributed by atoms with Crippen molar-refractivity contribution in [1.82, 2.24) is 15.5 Å². The van der Waals surface area contributed by atoms with Gasteiger partial charge in [-0.05, 0) is 31.9 Å². The minimum atomic E-state index is 0.671. The molecule has 74 valence electrons. The average molecular weight is 181 g/mol. The second kappa shape index (κ2) is 4.42. The smallest absolute Gasteiger partial charge is 0.0657 e. The van der Waals surface area contributed by atoms with Gasteiger partial charge in [0.1, 0.15) is 0 Å². The lowest BCUT2D eigenvalue weighted by atomic mass is 10.0. The number of nitrogens with zero attached hydrogens (tertiary/aromatic N) is 1. The molecule has 3 nitrogen and oxygen atoms in total. The first-order valence-corrected chi connectivity index (χ1v) is 4.82. The Morgan fingerprint density at radius 1 is 1.46 bits per heavy atom. The van der Waals surface area contributed by atoms with E-state index in [1.807, 2.05) is 7.05 Å². The van der Waals surface area contributed by atoms with Gasteiger partial charge in [-0.3, -0.25) is 5.10 Å². The van der Waals surface area contributed by atoms with Crippen LogP contribution in [0, 0.1) is 12.8 Å². The molecular weight excluding hydrogens is 162 g/mol. The van der Waals surface area contributed by atoms with Crippen molar-refractivity contribution < 1.29 is 0 Å². The summed E-state index contributed by atoms with van der Waals surface area (Å²) in [6, 6.07) is 0. The van der Waals surface area contributed by atoms with E-state index in [1.54, 1.807) is 0 Å². The molecule has 0 saturated carbocycles. The number of nitrogens with one attached hydrogen (secondary N) is 2. The lowest BCUT2D eigenvalue weighted by molar-refractivity contribution is 0.631. The van der Waals surface area contributed by atoms with Crippen LogP contribution >= 0.6 is 0 Å². The first kappa shape index (κ1) is 10.3. The molecule has 1 rings (SSSR count). The second-order valence-corrected chi connectivity index (χ2v) is 3.90. The van der Waals surface area contributed by atoms with E-state index in [2.05, 4.69) is 36.3 Å². The van der Waals surface area contributed by atoms with Crippen LogP contribution in [0.2, 0.25) is 0 Å². The molecule has 0 saturated heterocycles. The molecule has 0 spiro atoms. The van der Waals surface area contributed by atoms with Crippen LogP contribution in [-0.4, -0.2) is 17.2 Å². The molecule has 0 radical (unpaired) electrons. The molecule has 0 unspecified atom stereocenters. The van der Waals surface area contributed by atoms with Gasteiger partial charge in [-0.25, -0.2) is 0 Å². The van der Waals surface area contributed by atoms with Crippen molar-refractivity contribution in [2.75, 3.05) is 7.05 Å². The molecule has 0 aromatic carbocycles. The van der Waals surface area contributed by atoms with Crippen LogP contribution in [-0.2, 0) is 13.0 Å². The van der Waals surface area contributed by atoms with Crippen molar-refractivity contribution in [1.29, 1.82) is 0 Å². The highest BCUT2D eigenvalue weighted by atomic mass is 15.1. The Bertz CT molecular complexity index is 263. The number of hydrogen-bond donors (Lipinski definition) is 2. The lowest BCUT2D eigenvalue weighted by Crippen LogP contribution is -2.06. The summed E-state index contributed by atoms with van der Waals surface area (Å²) in [6.07, 6.45) is 1.06. The van der Waals surface area contributed by atoms with Gasteiger partial charge >= 0.3 is 0 Å². The van der Waals surface area contributed by atoms with Gasteiger partial charge in [-0.2, -0.15) is 5.10 Å². The fraction of sp³-hybridized carbons (Fsp3) is 0.700. The summed E-state index contributed by atoms with van der Waals surface area (Å²) in [7, 11) is 1.95. The monoisotopic (exact) mass is 181 g/mol. The molecule has 2 N–H and O–H groups in total. The van der Waals surface area contributed by atoms with E-state index in [-0.39, 0.29) is 0 Å². The number of rotatable bonds is 4. The largest absolute Gasteiger partial charge is 0.314 e. The maximum Gasteiger partial charge on any atom is 0.0657 e. The molecule has 1 aromatic rings. The number of aromatic nitrogens is 2. The first-order chi connectivity index (χ1) is 6.15. The summed E-state index contributed by atoms with van der Waals surface area (Å²) < 4.78 is 0. The highest BCUT2D eigenvalue weighted by molar-refractivity contribution is 5.23. The SMILES string of the molecule is CNCc1[nH]nc(CC(C)C)c1C. The van der Waals surface area contributed by atoms with Crippen LogP contribution in [0.1, 0.15) is 30.8 Å². The van der Waals surface area contributed by atoms with E-state index >= 15 is 0 Å². The van der Waals surface area contributed by atoms with E-state index in [9.17, 15) is 0 Å². The van der Waals surface area contributed by atoms with Crippen LogP contribution in [0.25, 0.3) is 0 Å². The molecule has 0 aliphatic rings. The highest BCUT2D eigenvalue weighted by Crippen LogP contribution is 2.13. The highest BCUT2D eigenvalue weighted by Gasteiger charge is 2.08. The maximum absolute atomic E-state index is 4.31. The van der Waals surface area contributed by atoms with Gasteiger partial charge in [0.15, 0.2) is 0 Å². The van der Waals surface area contributed by atoms with E-state index in [4.69, 9.17) is 0 Å². The fourth-order valence-electron chi connectivity index (χ4n) is 1.41. The molecule has 1 heterocycles. The summed E-state index contributed by atoms with van der Waals surface area (Å²) in [4.78, 5) is 0. The van der Waals surface area contributed by atoms with Crippen molar-refractivity contribution in [2.24, 2.45) is 5.92 Å². The standard InChI is InChI=1S/C10H19N3/c1-7(2)5-9-8(3)10(6-11-4)13-12-9/h7,11H,5-6H2,1-4H3,(H,12,13). The van der Waals surface area contributed by atoms with Gasteiger partial charge < -0.3 is 5.32 Å². The van der Waals surface area contributed by atoms with Gasteiger partial charge in [0.2, 0.25) is 0 Å². The van der Waals surface area contributed by atoms with Gasteiger partial charge in [0.05, 0.1) is 11.4 Å². The Morgan fingerprint density at radius 2 is 2.15 bits per heavy atom. The van der Waals surface area contributed by atoms with Crippen molar-refractivity contribution in [3.63, 3.8) is 0 Å². The Hall–Kier alpha value is -0.830. The van der Waals surface area contributed by atoms with Crippen LogP contribution in [0.5, 0.6) is 0 Å². The molecule has 0 fully saturated rings. The molecule has 0 atom stereocenters. The van der Waals surface area contributed by atoms with Gasteiger partial charge in [0.25, 0.3) is 0 Å². The molecule has 13 heavy (non-hydrogen) atoms. The number of aromatic amines is 1. The summed E-state index contributed by atoms with van der Waals surface area (Å²) >= 11 is 0. The fourth-order valence-corrected chi connectivity index (χ4v) is 1.41. The predicted molar refractivity (Wildman–Crippen MR) is 54.6 cm³/mol. The van der Waals surface area contributed by atoms with Crippen LogP contribution in [0.4, 0.5) is 0 Å². The Kier molecular flexibility index (Phi) is 3.48. The van der Waals surface area contributed by atoms with Crippen LogP contribution in [0.15, 0.2) is 0 Å². The zero-order chi connectivity index (χ0) is 9.84. The third-order valence-electron chi connectivity index (χ3n) is 2.17. The van der Waals surface area contributed by atoms with Crippen LogP contribution < -0.4 is 5.32 Å². The molecule has 0 aliphatic heterocycles. The Morgan fingerprint density at radius 3 is 2.69 bits per heavy atom. The third-order valence-corrected chi connectivity index (χ3v) is 2.17. The van der Waals surface area contributed by atoms with E-state index in [0.717, 1.165) is 13.0 Å². The van der Waals surface area contributed by atoms with Crippen molar-refractivity contribution in [3.8, 4) is 0 Å². The summed E-state index contributed by atoms with van der Waals surface area (Å²) in [5.74, 6) is 0.671. The maximum atomic E-state index is 4.31. The third kappa shape index (κ3) is 2.56. The van der Waals surface area contributed by atoms with Gasteiger partial charge in [-0.1, -0.05) is 13.8 Å². The van der Waals surface area contributed by atoms with Crippen molar-refractivity contribution >= 4 is 0 Å². The molecule has 1 aromatic heterocycles. The predicted octanol–water partition coefficient (Wildman–Crippen LogP) is 1.64. The Balaban J connectivity index is 2.74. The van der Waals surface area contributed by atoms with E-state index in [1.165, 1.54) is 17.0 Å². The molecule has 3 heteroatoms. The minimum Gasteiger partial charge on any atom is -0.314 e. The summed E-state index contributed by atoms with van der Waals surface area (Å²) in [5.41, 5.74) is 3.72. The second-order valence-electron chi connectivity index (χ2n) is 3.90. The van der Waals surface area contributed by atoms with E-state index < -0.39 is 0 Å². The zero-order valence-corrected chi connectivity index (χ0v) is 8.94. The summed E-state index contributed by atoms with van der Waals surface area (Å²) in [6.45, 7) is 7.43. The topological polar surface area (TPSA) is 40.7 Å². The number of hydrogen-bond acceptors (Lipinski definition) is 2. The Labute approximate surface area is 79.9 Å². The van der Waals surface area contributed by atoms with Crippen LogP contribution in [0.3, 0.4) is 0 Å². The number of H-pyrrole nitrogens is 1. The minimum absolute atomic E-state index is 0.671. The average Bonchev–Trinajstić information content (AvgIpc) is 2.36.